The molecule has 1 saturated heterocycles. The van der Waals surface area contributed by atoms with Crippen LogP contribution >= 0.6 is 0 Å². The second-order valence-corrected chi connectivity index (χ2v) is 7.81. The number of benzene rings is 2. The van der Waals surface area contributed by atoms with Gasteiger partial charge in [-0.3, -0.25) is 0 Å². The maximum Gasteiger partial charge on any atom is 0.0905 e. The molecule has 2 N–H and O–H groups in total. The Morgan fingerprint density at radius 1 is 0.464 bits per heavy atom. The summed E-state index contributed by atoms with van der Waals surface area (Å²) in [5, 5.41) is 7.32. The molecule has 0 amide bonds. The van der Waals surface area contributed by atoms with Crippen molar-refractivity contribution in [1.29, 1.82) is 0 Å². The Bertz CT molecular complexity index is 680. The highest BCUT2D eigenvalue weighted by molar-refractivity contribution is 5.77. The molecule has 2 aromatic carbocycles. The summed E-state index contributed by atoms with van der Waals surface area (Å²) in [6.45, 7) is 10.2. The highest BCUT2D eigenvalue weighted by atomic mass is 15.4. The summed E-state index contributed by atoms with van der Waals surface area (Å²) in [5.74, 6) is 0. The Kier molecular flexibility index (Phi) is 4.97. The zero-order chi connectivity index (χ0) is 18.8. The fourth-order valence-corrected chi connectivity index (χ4v) is 4.59. The Morgan fingerprint density at radius 2 is 0.750 bits per heavy atom. The smallest absolute Gasteiger partial charge is 0.0905 e. The molecule has 148 valence electrons. The minimum absolute atomic E-state index is 0.992. The predicted molar refractivity (Wildman–Crippen MR) is 118 cm³/mol. The highest BCUT2D eigenvalue weighted by Crippen LogP contribution is 2.36. The highest BCUT2D eigenvalue weighted by Gasteiger charge is 2.26. The van der Waals surface area contributed by atoms with Crippen LogP contribution in [-0.4, -0.2) is 65.7 Å². The maximum absolute atomic E-state index is 3.66. The zero-order valence-corrected chi connectivity index (χ0v) is 16.5. The van der Waals surface area contributed by atoms with Crippen molar-refractivity contribution in [1.82, 2.24) is 10.6 Å². The fourth-order valence-electron chi connectivity index (χ4n) is 4.59. The SMILES string of the molecule is c1ccc2c(c1)N1CCNCCN3CN(CCNCCN2C1)c1ccccc13. The van der Waals surface area contributed by atoms with E-state index in [1.165, 1.54) is 22.7 Å². The van der Waals surface area contributed by atoms with Gasteiger partial charge in [-0.05, 0) is 24.3 Å². The molecule has 0 unspecified atom stereocenters. The van der Waals surface area contributed by atoms with E-state index >= 15 is 0 Å². The van der Waals surface area contributed by atoms with Crippen molar-refractivity contribution in [2.24, 2.45) is 0 Å². The van der Waals surface area contributed by atoms with E-state index in [4.69, 9.17) is 0 Å². The van der Waals surface area contributed by atoms with Crippen LogP contribution in [0.25, 0.3) is 0 Å². The molecule has 3 aliphatic rings. The lowest BCUT2D eigenvalue weighted by molar-refractivity contribution is 0.613. The van der Waals surface area contributed by atoms with Gasteiger partial charge in [-0.15, -0.1) is 0 Å². The Labute approximate surface area is 167 Å². The standard InChI is InChI=1S/C22H30N6/c1-2-6-20-19(5-1)25-13-9-23-11-15-27-18-28(22-8-4-3-7-21(22)27)16-12-24-10-14-26(20)17-25/h1-8,23-24H,9-18H2. The molecule has 0 aromatic heterocycles. The molecule has 4 bridgehead atoms. The molecular formula is C22H30N6. The Morgan fingerprint density at radius 3 is 1.04 bits per heavy atom. The van der Waals surface area contributed by atoms with E-state index < -0.39 is 0 Å². The number of fused-ring (bicyclic) bond motifs is 10. The minimum atomic E-state index is 0.992. The number of rotatable bonds is 0. The summed E-state index contributed by atoms with van der Waals surface area (Å²) in [7, 11) is 0. The molecule has 5 rings (SSSR count). The normalized spacial score (nSPS) is 20.3. The van der Waals surface area contributed by atoms with Crippen LogP contribution in [0.15, 0.2) is 48.5 Å². The summed E-state index contributed by atoms with van der Waals surface area (Å²) >= 11 is 0. The van der Waals surface area contributed by atoms with Crippen molar-refractivity contribution < 1.29 is 0 Å². The van der Waals surface area contributed by atoms with Gasteiger partial charge in [-0.25, -0.2) is 0 Å². The number of hydrogen-bond donors (Lipinski definition) is 2. The molecule has 2 aromatic rings. The number of nitrogens with one attached hydrogen (secondary N) is 2. The van der Waals surface area contributed by atoms with Gasteiger partial charge in [0.2, 0.25) is 0 Å². The van der Waals surface area contributed by atoms with Gasteiger partial charge < -0.3 is 30.2 Å². The minimum Gasteiger partial charge on any atom is -0.351 e. The molecule has 28 heavy (non-hydrogen) atoms. The Hall–Kier alpha value is -2.44. The summed E-state index contributed by atoms with van der Waals surface area (Å²) in [6, 6.07) is 17.6. The van der Waals surface area contributed by atoms with Crippen LogP contribution < -0.4 is 30.2 Å². The third-order valence-corrected chi connectivity index (χ3v) is 6.04. The second kappa shape index (κ2) is 7.89. The average Bonchev–Trinajstić information content (AvgIpc) is 3.26. The van der Waals surface area contributed by atoms with Crippen LogP contribution in [0.4, 0.5) is 22.7 Å². The van der Waals surface area contributed by atoms with Crippen molar-refractivity contribution >= 4 is 22.7 Å². The first-order chi connectivity index (χ1) is 13.9. The summed E-state index contributed by atoms with van der Waals surface area (Å²) in [5.41, 5.74) is 5.49. The third kappa shape index (κ3) is 3.38. The average molecular weight is 379 g/mol. The van der Waals surface area contributed by atoms with Crippen LogP contribution in [0.1, 0.15) is 0 Å². The Balaban J connectivity index is 1.29. The van der Waals surface area contributed by atoms with Gasteiger partial charge in [0.15, 0.2) is 0 Å². The van der Waals surface area contributed by atoms with Crippen molar-refractivity contribution in [3.63, 3.8) is 0 Å². The van der Waals surface area contributed by atoms with Gasteiger partial charge in [-0.2, -0.15) is 0 Å². The molecule has 6 heteroatoms. The largest absolute Gasteiger partial charge is 0.351 e. The molecule has 0 aliphatic carbocycles. The van der Waals surface area contributed by atoms with Gasteiger partial charge in [0.05, 0.1) is 36.1 Å². The quantitative estimate of drug-likeness (QED) is 0.728. The number of hydrogen-bond acceptors (Lipinski definition) is 6. The van der Waals surface area contributed by atoms with Gasteiger partial charge in [-0.1, -0.05) is 24.3 Å². The van der Waals surface area contributed by atoms with Crippen LogP contribution in [-0.2, 0) is 0 Å². The molecule has 0 saturated carbocycles. The number of anilines is 4. The first-order valence-corrected chi connectivity index (χ1v) is 10.5. The van der Waals surface area contributed by atoms with E-state index in [2.05, 4.69) is 78.8 Å². The van der Waals surface area contributed by atoms with E-state index in [-0.39, 0.29) is 0 Å². The van der Waals surface area contributed by atoms with Crippen molar-refractivity contribution in [2.45, 2.75) is 0 Å². The van der Waals surface area contributed by atoms with Crippen LogP contribution in [0.2, 0.25) is 0 Å². The topological polar surface area (TPSA) is 37.0 Å². The van der Waals surface area contributed by atoms with E-state index in [1.807, 2.05) is 0 Å². The second-order valence-electron chi connectivity index (χ2n) is 7.81. The van der Waals surface area contributed by atoms with Gasteiger partial charge in [0.25, 0.3) is 0 Å². The lowest BCUT2D eigenvalue weighted by Crippen LogP contribution is -2.42. The fraction of sp³-hybridized carbons (Fsp3) is 0.455. The number of para-hydroxylation sites is 4. The van der Waals surface area contributed by atoms with E-state index in [0.29, 0.717) is 0 Å². The molecule has 3 heterocycles. The van der Waals surface area contributed by atoms with Gasteiger partial charge in [0, 0.05) is 52.4 Å². The first kappa shape index (κ1) is 17.6. The van der Waals surface area contributed by atoms with Crippen LogP contribution in [0.3, 0.4) is 0 Å². The van der Waals surface area contributed by atoms with Gasteiger partial charge >= 0.3 is 0 Å². The molecule has 0 atom stereocenters. The molecule has 6 nitrogen and oxygen atoms in total. The van der Waals surface area contributed by atoms with E-state index in [0.717, 1.165) is 65.7 Å². The van der Waals surface area contributed by atoms with E-state index in [9.17, 15) is 0 Å². The molecular weight excluding hydrogens is 348 g/mol. The van der Waals surface area contributed by atoms with Crippen LogP contribution in [0, 0.1) is 0 Å². The van der Waals surface area contributed by atoms with Crippen molar-refractivity contribution in [2.75, 3.05) is 85.3 Å². The number of nitrogens with zero attached hydrogens (tertiary/aromatic N) is 4. The lowest BCUT2D eigenvalue weighted by atomic mass is 10.2. The summed E-state index contributed by atoms with van der Waals surface area (Å²) < 4.78 is 0. The van der Waals surface area contributed by atoms with Crippen LogP contribution in [0.5, 0.6) is 0 Å². The molecule has 1 fully saturated rings. The maximum atomic E-state index is 3.66. The first-order valence-electron chi connectivity index (χ1n) is 10.5. The molecule has 3 aliphatic heterocycles. The summed E-state index contributed by atoms with van der Waals surface area (Å²) in [6.07, 6.45) is 0. The zero-order valence-electron chi connectivity index (χ0n) is 16.5. The molecule has 0 spiro atoms. The summed E-state index contributed by atoms with van der Waals surface area (Å²) in [4.78, 5) is 10.0. The monoisotopic (exact) mass is 378 g/mol. The van der Waals surface area contributed by atoms with Crippen molar-refractivity contribution in [3.8, 4) is 0 Å². The van der Waals surface area contributed by atoms with Crippen molar-refractivity contribution in [3.05, 3.63) is 48.5 Å². The van der Waals surface area contributed by atoms with Gasteiger partial charge in [0.1, 0.15) is 0 Å². The predicted octanol–water partition coefficient (Wildman–Crippen LogP) is 1.75. The lowest BCUT2D eigenvalue weighted by Gasteiger charge is -2.25. The third-order valence-electron chi connectivity index (χ3n) is 6.04. The molecule has 0 radical (unpaired) electrons. The van der Waals surface area contributed by atoms with E-state index in [1.54, 1.807) is 0 Å².